The standard InChI is InChI=1S/C23H28ClF2N5O4S/c1-13(2)31-19-15(28-20(31)21(32)30-23(3,4)8-9-36(5)33)6-7-18(29-19)35-22-16(34-12-17(25)26)10-14(24)11-27-22/h6-7,10-11,13,17H,8-9,12H2,1-5H3,(H,30,32). The maximum absolute atomic E-state index is 13.1. The number of carbonyl (C=O) groups is 1. The molecule has 1 N–H and O–H groups in total. The number of pyridine rings is 2. The first-order valence-corrected chi connectivity index (χ1v) is 13.2. The van der Waals surface area contributed by atoms with E-state index in [0.717, 1.165) is 0 Å². The fraction of sp³-hybridized carbons (Fsp3) is 0.478. The van der Waals surface area contributed by atoms with Crippen LogP contribution in [-0.2, 0) is 10.8 Å². The van der Waals surface area contributed by atoms with Crippen LogP contribution in [0.5, 0.6) is 17.5 Å². The van der Waals surface area contributed by atoms with Crippen LogP contribution in [0.2, 0.25) is 5.02 Å². The zero-order valence-corrected chi connectivity index (χ0v) is 22.1. The van der Waals surface area contributed by atoms with Crippen LogP contribution in [0.15, 0.2) is 24.4 Å². The van der Waals surface area contributed by atoms with Gasteiger partial charge >= 0.3 is 0 Å². The molecule has 1 amide bonds. The molecule has 0 saturated carbocycles. The average molecular weight is 544 g/mol. The predicted octanol–water partition coefficient (Wildman–Crippen LogP) is 4.77. The smallest absolute Gasteiger partial charge is 0.287 e. The summed E-state index contributed by atoms with van der Waals surface area (Å²) in [4.78, 5) is 26.1. The maximum atomic E-state index is 13.1. The van der Waals surface area contributed by atoms with Crippen LogP contribution < -0.4 is 14.8 Å². The first-order valence-electron chi connectivity index (χ1n) is 11.1. The van der Waals surface area contributed by atoms with E-state index in [2.05, 4.69) is 20.3 Å². The summed E-state index contributed by atoms with van der Waals surface area (Å²) >= 11 is 5.92. The van der Waals surface area contributed by atoms with E-state index in [-0.39, 0.29) is 34.4 Å². The number of amides is 1. The van der Waals surface area contributed by atoms with Crippen molar-refractivity contribution in [3.8, 4) is 17.5 Å². The molecule has 3 rings (SSSR count). The van der Waals surface area contributed by atoms with Crippen LogP contribution in [-0.4, -0.2) is 60.2 Å². The van der Waals surface area contributed by atoms with Crippen LogP contribution in [0.25, 0.3) is 11.2 Å². The largest absolute Gasteiger partial charge is 0.482 e. The lowest BCUT2D eigenvalue weighted by Crippen LogP contribution is -2.45. The Morgan fingerprint density at radius 2 is 2.00 bits per heavy atom. The SMILES string of the molecule is CC(C)n1c(C(=O)NC(C)(C)CCS(C)=O)nc2ccc(Oc3ncc(Cl)cc3OCC(F)F)nc21. The van der Waals surface area contributed by atoms with E-state index < -0.39 is 35.3 Å². The summed E-state index contributed by atoms with van der Waals surface area (Å²) in [6, 6.07) is 4.30. The number of aromatic nitrogens is 4. The molecule has 196 valence electrons. The molecule has 0 fully saturated rings. The van der Waals surface area contributed by atoms with Crippen LogP contribution in [0, 0.1) is 0 Å². The molecule has 0 aliphatic heterocycles. The summed E-state index contributed by atoms with van der Waals surface area (Å²) in [5.41, 5.74) is 0.260. The molecule has 1 unspecified atom stereocenters. The van der Waals surface area contributed by atoms with Gasteiger partial charge in [0.05, 0.1) is 5.02 Å². The lowest BCUT2D eigenvalue weighted by molar-refractivity contribution is 0.0803. The number of hydrogen-bond acceptors (Lipinski definition) is 7. The second-order valence-electron chi connectivity index (χ2n) is 9.02. The Morgan fingerprint density at radius 1 is 1.28 bits per heavy atom. The number of hydrogen-bond donors (Lipinski definition) is 1. The van der Waals surface area contributed by atoms with Crippen LogP contribution in [0.1, 0.15) is 50.8 Å². The van der Waals surface area contributed by atoms with Gasteiger partial charge < -0.3 is 19.4 Å². The molecular weight excluding hydrogens is 516 g/mol. The van der Waals surface area contributed by atoms with E-state index >= 15 is 0 Å². The molecule has 0 aliphatic rings. The molecule has 0 spiro atoms. The molecule has 0 saturated heterocycles. The Labute approximate surface area is 215 Å². The highest BCUT2D eigenvalue weighted by Gasteiger charge is 2.27. The van der Waals surface area contributed by atoms with Gasteiger partial charge in [-0.3, -0.25) is 9.00 Å². The third-order valence-electron chi connectivity index (χ3n) is 5.05. The minimum Gasteiger partial charge on any atom is -0.482 e. The van der Waals surface area contributed by atoms with E-state index in [9.17, 15) is 17.8 Å². The molecule has 3 heterocycles. The first-order chi connectivity index (χ1) is 16.9. The fourth-order valence-electron chi connectivity index (χ4n) is 3.33. The molecule has 36 heavy (non-hydrogen) atoms. The molecule has 3 aromatic heterocycles. The van der Waals surface area contributed by atoms with Gasteiger partial charge in [0, 0.05) is 52.7 Å². The topological polar surface area (TPSA) is 108 Å². The van der Waals surface area contributed by atoms with E-state index in [1.165, 1.54) is 18.3 Å². The normalized spacial score (nSPS) is 12.8. The van der Waals surface area contributed by atoms with Crippen LogP contribution >= 0.6 is 11.6 Å². The Kier molecular flexibility index (Phi) is 8.83. The number of rotatable bonds is 11. The van der Waals surface area contributed by atoms with Crippen LogP contribution in [0.4, 0.5) is 8.78 Å². The quantitative estimate of drug-likeness (QED) is 0.371. The van der Waals surface area contributed by atoms with Gasteiger partial charge in [0.25, 0.3) is 18.2 Å². The number of imidazole rings is 1. The fourth-order valence-corrected chi connectivity index (χ4v) is 4.27. The van der Waals surface area contributed by atoms with Crippen molar-refractivity contribution in [1.82, 2.24) is 24.8 Å². The molecular formula is C23H28ClF2N5O4S. The van der Waals surface area contributed by atoms with Gasteiger partial charge in [-0.15, -0.1) is 0 Å². The zero-order chi connectivity index (χ0) is 26.6. The Hall–Kier alpha value is -2.86. The van der Waals surface area contributed by atoms with Crippen molar-refractivity contribution in [3.05, 3.63) is 35.2 Å². The Bertz CT molecular complexity index is 1270. The lowest BCUT2D eigenvalue weighted by atomic mass is 10.0. The second kappa shape index (κ2) is 11.5. The number of nitrogens with zero attached hydrogens (tertiary/aromatic N) is 4. The van der Waals surface area contributed by atoms with Gasteiger partial charge in [-0.1, -0.05) is 11.6 Å². The van der Waals surface area contributed by atoms with E-state index in [4.69, 9.17) is 21.1 Å². The molecule has 0 bridgehead atoms. The predicted molar refractivity (Wildman–Crippen MR) is 134 cm³/mol. The number of alkyl halides is 2. The second-order valence-corrected chi connectivity index (χ2v) is 11.0. The third-order valence-corrected chi connectivity index (χ3v) is 6.03. The summed E-state index contributed by atoms with van der Waals surface area (Å²) in [5, 5.41) is 3.15. The summed E-state index contributed by atoms with van der Waals surface area (Å²) in [5.74, 6) is 0.184. The molecule has 0 aliphatic carbocycles. The van der Waals surface area contributed by atoms with Gasteiger partial charge in [-0.2, -0.15) is 4.98 Å². The summed E-state index contributed by atoms with van der Waals surface area (Å²) in [7, 11) is -0.977. The Balaban J connectivity index is 1.92. The summed E-state index contributed by atoms with van der Waals surface area (Å²) in [6.07, 6.45) is 0.755. The van der Waals surface area contributed by atoms with E-state index in [0.29, 0.717) is 23.3 Å². The number of fused-ring (bicyclic) bond motifs is 1. The van der Waals surface area contributed by atoms with Gasteiger partial charge in [0.1, 0.15) is 12.1 Å². The molecule has 3 aromatic rings. The zero-order valence-electron chi connectivity index (χ0n) is 20.5. The van der Waals surface area contributed by atoms with Gasteiger partial charge in [0.2, 0.25) is 11.7 Å². The molecule has 0 radical (unpaired) electrons. The van der Waals surface area contributed by atoms with Crippen molar-refractivity contribution in [2.45, 2.75) is 52.1 Å². The first kappa shape index (κ1) is 27.7. The molecule has 1 atom stereocenters. The number of ether oxygens (including phenoxy) is 2. The Morgan fingerprint density at radius 3 is 2.64 bits per heavy atom. The average Bonchev–Trinajstić information content (AvgIpc) is 3.17. The van der Waals surface area contributed by atoms with Crippen molar-refractivity contribution < 1.29 is 27.3 Å². The lowest BCUT2D eigenvalue weighted by Gasteiger charge is -2.26. The van der Waals surface area contributed by atoms with Crippen molar-refractivity contribution in [3.63, 3.8) is 0 Å². The van der Waals surface area contributed by atoms with Crippen molar-refractivity contribution >= 4 is 39.5 Å². The van der Waals surface area contributed by atoms with Gasteiger partial charge in [-0.25, -0.2) is 18.7 Å². The molecule has 9 nitrogen and oxygen atoms in total. The molecule has 13 heteroatoms. The number of carbonyl (C=O) groups excluding carboxylic acids is 1. The van der Waals surface area contributed by atoms with Crippen LogP contribution in [0.3, 0.4) is 0 Å². The minimum absolute atomic E-state index is 0.0580. The molecule has 0 aromatic carbocycles. The monoisotopic (exact) mass is 543 g/mol. The maximum Gasteiger partial charge on any atom is 0.287 e. The van der Waals surface area contributed by atoms with Gasteiger partial charge in [-0.05, 0) is 40.2 Å². The van der Waals surface area contributed by atoms with Crippen molar-refractivity contribution in [1.29, 1.82) is 0 Å². The van der Waals surface area contributed by atoms with E-state index in [1.807, 2.05) is 27.7 Å². The minimum atomic E-state index is -2.69. The van der Waals surface area contributed by atoms with Crippen molar-refractivity contribution in [2.75, 3.05) is 18.6 Å². The van der Waals surface area contributed by atoms with E-state index in [1.54, 1.807) is 16.9 Å². The van der Waals surface area contributed by atoms with Gasteiger partial charge in [0.15, 0.2) is 11.4 Å². The highest BCUT2D eigenvalue weighted by atomic mass is 35.5. The highest BCUT2D eigenvalue weighted by Crippen LogP contribution is 2.32. The number of halogens is 3. The van der Waals surface area contributed by atoms with Crippen molar-refractivity contribution in [2.24, 2.45) is 0 Å². The number of nitrogens with one attached hydrogen (secondary N) is 1. The summed E-state index contributed by atoms with van der Waals surface area (Å²) in [6.45, 7) is 6.63. The highest BCUT2D eigenvalue weighted by molar-refractivity contribution is 7.84. The summed E-state index contributed by atoms with van der Waals surface area (Å²) < 4.78 is 49.2. The third kappa shape index (κ3) is 7.10.